The van der Waals surface area contributed by atoms with Crippen molar-refractivity contribution in [3.05, 3.63) is 0 Å². The number of hydrogen-bond donors (Lipinski definition) is 2. The van der Waals surface area contributed by atoms with E-state index in [0.717, 1.165) is 0 Å². The number of aliphatic carboxylic acids is 1. The highest BCUT2D eigenvalue weighted by atomic mass is 32.2. The second-order valence-corrected chi connectivity index (χ2v) is 4.77. The number of carboxylic acids is 1. The van der Waals surface area contributed by atoms with Crippen LogP contribution in [0.15, 0.2) is 0 Å². The number of halogens is 4. The summed E-state index contributed by atoms with van der Waals surface area (Å²) in [5.74, 6) is -6.86. The van der Waals surface area contributed by atoms with E-state index in [1.54, 1.807) is 0 Å². The molecular weight excluding hydrogens is 258 g/mol. The predicted molar refractivity (Wildman–Crippen MR) is 45.0 cm³/mol. The number of hydrogen-bond acceptors (Lipinski definition) is 3. The lowest BCUT2D eigenvalue weighted by atomic mass is 10.4. The van der Waals surface area contributed by atoms with E-state index < -0.39 is 47.1 Å². The van der Waals surface area contributed by atoms with Gasteiger partial charge in [0.25, 0.3) is 0 Å². The molecule has 0 unspecified atom stereocenters. The molecule has 0 saturated carbocycles. The molecule has 0 saturated heterocycles. The minimum atomic E-state index is -4.48. The van der Waals surface area contributed by atoms with Gasteiger partial charge in [0.2, 0.25) is 10.0 Å². The van der Waals surface area contributed by atoms with Gasteiger partial charge in [0.05, 0.1) is 18.7 Å². The molecule has 0 radical (unpaired) electrons. The van der Waals surface area contributed by atoms with Gasteiger partial charge in [-0.15, -0.1) is 0 Å². The van der Waals surface area contributed by atoms with E-state index in [0.29, 0.717) is 0 Å². The third-order valence-electron chi connectivity index (χ3n) is 1.43. The highest BCUT2D eigenvalue weighted by Crippen LogP contribution is 2.21. The molecule has 0 heterocycles. The first-order valence-corrected chi connectivity index (χ1v) is 5.57. The first kappa shape index (κ1) is 15.1. The van der Waals surface area contributed by atoms with Crippen LogP contribution in [-0.4, -0.2) is 44.1 Å². The van der Waals surface area contributed by atoms with Crippen molar-refractivity contribution in [1.29, 1.82) is 0 Å². The molecule has 0 aliphatic carbocycles. The molecule has 0 aromatic carbocycles. The molecule has 0 atom stereocenters. The van der Waals surface area contributed by atoms with E-state index in [-0.39, 0.29) is 0 Å². The van der Waals surface area contributed by atoms with Crippen LogP contribution in [0, 0.1) is 0 Å². The maximum atomic E-state index is 12.3. The molecule has 0 bridgehead atoms. The minimum absolute atomic E-state index is 0.796. The predicted octanol–water partition coefficient (Wildman–Crippen LogP) is 0.281. The number of rotatable bonds is 7. The fourth-order valence-corrected chi connectivity index (χ4v) is 1.58. The summed E-state index contributed by atoms with van der Waals surface area (Å²) in [4.78, 5) is 9.99. The highest BCUT2D eigenvalue weighted by molar-refractivity contribution is 7.89. The van der Waals surface area contributed by atoms with Gasteiger partial charge in [-0.05, 0) is 0 Å². The van der Waals surface area contributed by atoms with Crippen molar-refractivity contribution >= 4 is 16.0 Å². The van der Waals surface area contributed by atoms with Crippen LogP contribution in [-0.2, 0) is 14.8 Å². The van der Waals surface area contributed by atoms with Crippen molar-refractivity contribution in [2.24, 2.45) is 0 Å². The number of carbonyl (C=O) groups is 1. The lowest BCUT2D eigenvalue weighted by molar-refractivity contribution is -0.136. The third kappa shape index (κ3) is 5.85. The summed E-state index contributed by atoms with van der Waals surface area (Å²) in [5.41, 5.74) is 0. The molecular formula is C6H9F4NO4S. The largest absolute Gasteiger partial charge is 0.481 e. The zero-order valence-corrected chi connectivity index (χ0v) is 8.61. The average molecular weight is 267 g/mol. The van der Waals surface area contributed by atoms with Crippen LogP contribution in [0.1, 0.15) is 6.42 Å². The molecule has 5 nitrogen and oxygen atoms in total. The van der Waals surface area contributed by atoms with E-state index in [9.17, 15) is 30.8 Å². The second kappa shape index (κ2) is 5.43. The van der Waals surface area contributed by atoms with Gasteiger partial charge < -0.3 is 5.11 Å². The highest BCUT2D eigenvalue weighted by Gasteiger charge is 2.41. The first-order chi connectivity index (χ1) is 7.07. The van der Waals surface area contributed by atoms with Crippen molar-refractivity contribution in [3.8, 4) is 0 Å². The molecule has 16 heavy (non-hydrogen) atoms. The quantitative estimate of drug-likeness (QED) is 0.649. The average Bonchev–Trinajstić information content (AvgIpc) is 2.12. The summed E-state index contributed by atoms with van der Waals surface area (Å²) in [6, 6.07) is 0. The van der Waals surface area contributed by atoms with Crippen molar-refractivity contribution < 1.29 is 35.9 Å². The smallest absolute Gasteiger partial charge is 0.320 e. The summed E-state index contributed by atoms with van der Waals surface area (Å²) in [6.07, 6.45) is -4.79. The maximum absolute atomic E-state index is 12.3. The molecule has 96 valence electrons. The molecule has 0 amide bonds. The van der Waals surface area contributed by atoms with Crippen LogP contribution < -0.4 is 4.72 Å². The summed E-state index contributed by atoms with van der Waals surface area (Å²) in [7, 11) is -4.29. The zero-order valence-electron chi connectivity index (χ0n) is 7.79. The van der Waals surface area contributed by atoms with Gasteiger partial charge in [0.1, 0.15) is 0 Å². The second-order valence-electron chi connectivity index (χ2n) is 2.85. The normalized spacial score (nSPS) is 13.1. The van der Waals surface area contributed by atoms with Crippen molar-refractivity contribution in [2.75, 3.05) is 12.3 Å². The molecule has 0 spiro atoms. The Hall–Kier alpha value is -0.900. The van der Waals surface area contributed by atoms with Crippen LogP contribution in [0.3, 0.4) is 0 Å². The lowest BCUT2D eigenvalue weighted by Crippen LogP contribution is -2.42. The number of nitrogens with one attached hydrogen (secondary N) is 1. The Morgan fingerprint density at radius 1 is 1.38 bits per heavy atom. The molecule has 0 rings (SSSR count). The first-order valence-electron chi connectivity index (χ1n) is 3.92. The molecule has 10 heteroatoms. The molecule has 0 aliphatic heterocycles. The molecule has 0 aliphatic rings. The van der Waals surface area contributed by atoms with Gasteiger partial charge >= 0.3 is 18.3 Å². The Morgan fingerprint density at radius 3 is 2.25 bits per heavy atom. The summed E-state index contributed by atoms with van der Waals surface area (Å²) < 4.78 is 70.7. The lowest BCUT2D eigenvalue weighted by Gasteiger charge is -2.15. The van der Waals surface area contributed by atoms with Gasteiger partial charge in [0.15, 0.2) is 0 Å². The van der Waals surface area contributed by atoms with Gasteiger partial charge in [-0.25, -0.2) is 21.9 Å². The van der Waals surface area contributed by atoms with E-state index in [4.69, 9.17) is 5.11 Å². The standard InChI is InChI=1S/C6H9F4NO4S/c7-5(8)6(9,10)3-11-16(14,15)2-1-4(12)13/h5,11H,1-3H2,(H,12,13). The van der Waals surface area contributed by atoms with E-state index in [1.165, 1.54) is 4.72 Å². The van der Waals surface area contributed by atoms with Crippen LogP contribution in [0.4, 0.5) is 17.6 Å². The van der Waals surface area contributed by atoms with Crippen molar-refractivity contribution in [2.45, 2.75) is 18.8 Å². The fraction of sp³-hybridized carbons (Fsp3) is 0.833. The minimum Gasteiger partial charge on any atom is -0.481 e. The monoisotopic (exact) mass is 267 g/mol. The number of carboxylic acid groups (broad SMARTS) is 1. The molecule has 0 aromatic rings. The topological polar surface area (TPSA) is 83.5 Å². The van der Waals surface area contributed by atoms with Crippen LogP contribution in [0.2, 0.25) is 0 Å². The van der Waals surface area contributed by atoms with Crippen LogP contribution in [0.25, 0.3) is 0 Å². The van der Waals surface area contributed by atoms with Gasteiger partial charge in [-0.3, -0.25) is 4.79 Å². The van der Waals surface area contributed by atoms with Crippen LogP contribution >= 0.6 is 0 Å². The number of sulfonamides is 1. The van der Waals surface area contributed by atoms with Crippen molar-refractivity contribution in [1.82, 2.24) is 4.72 Å². The summed E-state index contributed by atoms with van der Waals surface area (Å²) in [5, 5.41) is 8.13. The molecule has 0 aromatic heterocycles. The van der Waals surface area contributed by atoms with Crippen molar-refractivity contribution in [3.63, 3.8) is 0 Å². The molecule has 2 N–H and O–H groups in total. The Morgan fingerprint density at radius 2 is 1.88 bits per heavy atom. The van der Waals surface area contributed by atoms with Crippen LogP contribution in [0.5, 0.6) is 0 Å². The zero-order chi connectivity index (χ0) is 13.0. The Balaban J connectivity index is 4.24. The van der Waals surface area contributed by atoms with Gasteiger partial charge in [-0.2, -0.15) is 8.78 Å². The Bertz CT molecular complexity index is 342. The van der Waals surface area contributed by atoms with E-state index >= 15 is 0 Å². The van der Waals surface area contributed by atoms with E-state index in [2.05, 4.69) is 0 Å². The number of alkyl halides is 4. The summed E-state index contributed by atoms with van der Waals surface area (Å²) in [6.45, 7) is -1.76. The third-order valence-corrected chi connectivity index (χ3v) is 2.76. The van der Waals surface area contributed by atoms with Gasteiger partial charge in [-0.1, -0.05) is 0 Å². The molecule has 0 fully saturated rings. The Kier molecular flexibility index (Phi) is 5.13. The maximum Gasteiger partial charge on any atom is 0.320 e. The summed E-state index contributed by atoms with van der Waals surface area (Å²) >= 11 is 0. The van der Waals surface area contributed by atoms with Gasteiger partial charge in [0, 0.05) is 0 Å². The SMILES string of the molecule is O=C(O)CCS(=O)(=O)NCC(F)(F)C(F)F. The van der Waals surface area contributed by atoms with E-state index in [1.807, 2.05) is 0 Å². The fourth-order valence-electron chi connectivity index (χ4n) is 0.577. The Labute approximate surface area is 88.5 Å².